The van der Waals surface area contributed by atoms with Crippen LogP contribution in [0.25, 0.3) is 0 Å². The first-order valence-electron chi connectivity index (χ1n) is 6.85. The molecule has 0 aliphatic rings. The molecule has 0 spiro atoms. The van der Waals surface area contributed by atoms with Crippen molar-refractivity contribution >= 4 is 0 Å². The fraction of sp³-hybridized carbons (Fsp3) is 0.294. The monoisotopic (exact) mass is 289 g/mol. The minimum Gasteiger partial charge on any atom is -0.491 e. The number of rotatable bonds is 6. The van der Waals surface area contributed by atoms with Gasteiger partial charge in [0.05, 0.1) is 12.6 Å². The number of nitrogens with two attached hydrogens (primary N) is 1. The molecule has 0 amide bonds. The van der Waals surface area contributed by atoms with Gasteiger partial charge < -0.3 is 15.2 Å². The van der Waals surface area contributed by atoms with Crippen LogP contribution in [0.3, 0.4) is 0 Å². The van der Waals surface area contributed by atoms with Crippen molar-refractivity contribution in [3.05, 3.63) is 65.0 Å². The Balaban J connectivity index is 2.30. The molecule has 3 nitrogen and oxygen atoms in total. The largest absolute Gasteiger partial charge is 0.491 e. The molecule has 2 aromatic rings. The number of benzene rings is 2. The normalized spacial score (nSPS) is 12.2. The van der Waals surface area contributed by atoms with Gasteiger partial charge in [-0.1, -0.05) is 24.3 Å². The van der Waals surface area contributed by atoms with E-state index >= 15 is 0 Å². The van der Waals surface area contributed by atoms with E-state index in [-0.39, 0.29) is 5.82 Å². The second-order valence-corrected chi connectivity index (χ2v) is 4.86. The van der Waals surface area contributed by atoms with Crippen LogP contribution < -0.4 is 10.5 Å². The highest BCUT2D eigenvalue weighted by Gasteiger charge is 2.16. The van der Waals surface area contributed by atoms with Gasteiger partial charge in [-0.05, 0) is 36.2 Å². The summed E-state index contributed by atoms with van der Waals surface area (Å²) in [7, 11) is 1.62. The molecule has 2 N–H and O–H groups in total. The highest BCUT2D eigenvalue weighted by Crippen LogP contribution is 2.30. The SMILES string of the molecule is COCCOc1ccccc1C(N)c1cc(F)ccc1C. The third-order valence-corrected chi connectivity index (χ3v) is 3.38. The summed E-state index contributed by atoms with van der Waals surface area (Å²) in [5.41, 5.74) is 8.86. The third-order valence-electron chi connectivity index (χ3n) is 3.38. The molecule has 4 heteroatoms. The van der Waals surface area contributed by atoms with Crippen molar-refractivity contribution in [2.75, 3.05) is 20.3 Å². The molecule has 0 aromatic heterocycles. The Labute approximate surface area is 124 Å². The minimum atomic E-state index is -0.431. The van der Waals surface area contributed by atoms with Crippen molar-refractivity contribution in [2.45, 2.75) is 13.0 Å². The van der Waals surface area contributed by atoms with Gasteiger partial charge in [0.2, 0.25) is 0 Å². The summed E-state index contributed by atoms with van der Waals surface area (Å²) in [5.74, 6) is 0.412. The van der Waals surface area contributed by atoms with Crippen LogP contribution in [0.4, 0.5) is 4.39 Å². The van der Waals surface area contributed by atoms with Gasteiger partial charge in [0.15, 0.2) is 0 Å². The summed E-state index contributed by atoms with van der Waals surface area (Å²) in [6.45, 7) is 2.87. The summed E-state index contributed by atoms with van der Waals surface area (Å²) < 4.78 is 24.1. The molecule has 0 bridgehead atoms. The average molecular weight is 289 g/mol. The molecule has 112 valence electrons. The number of halogens is 1. The summed E-state index contributed by atoms with van der Waals surface area (Å²) in [6.07, 6.45) is 0. The zero-order chi connectivity index (χ0) is 15.2. The second-order valence-electron chi connectivity index (χ2n) is 4.86. The van der Waals surface area contributed by atoms with Crippen LogP contribution >= 0.6 is 0 Å². The van der Waals surface area contributed by atoms with Crippen LogP contribution in [0.2, 0.25) is 0 Å². The van der Waals surface area contributed by atoms with Crippen molar-refractivity contribution in [1.82, 2.24) is 0 Å². The molecule has 21 heavy (non-hydrogen) atoms. The minimum absolute atomic E-state index is 0.288. The van der Waals surface area contributed by atoms with E-state index in [2.05, 4.69) is 0 Å². The zero-order valence-corrected chi connectivity index (χ0v) is 12.3. The van der Waals surface area contributed by atoms with E-state index in [1.807, 2.05) is 31.2 Å². The van der Waals surface area contributed by atoms with E-state index in [1.165, 1.54) is 12.1 Å². The molecule has 0 radical (unpaired) electrons. The number of hydrogen-bond acceptors (Lipinski definition) is 3. The Morgan fingerprint density at radius 2 is 1.86 bits per heavy atom. The quantitative estimate of drug-likeness (QED) is 0.831. The molecule has 0 fully saturated rings. The van der Waals surface area contributed by atoms with E-state index in [9.17, 15) is 4.39 Å². The number of aryl methyl sites for hydroxylation is 1. The smallest absolute Gasteiger partial charge is 0.124 e. The lowest BCUT2D eigenvalue weighted by Crippen LogP contribution is -2.16. The molecular formula is C17H20FNO2. The van der Waals surface area contributed by atoms with Crippen molar-refractivity contribution in [1.29, 1.82) is 0 Å². The Kier molecular flexibility index (Phi) is 5.31. The van der Waals surface area contributed by atoms with Gasteiger partial charge in [-0.15, -0.1) is 0 Å². The van der Waals surface area contributed by atoms with E-state index < -0.39 is 6.04 Å². The third kappa shape index (κ3) is 3.80. The first-order valence-corrected chi connectivity index (χ1v) is 6.85. The number of ether oxygens (including phenoxy) is 2. The lowest BCUT2D eigenvalue weighted by Gasteiger charge is -2.19. The predicted molar refractivity (Wildman–Crippen MR) is 81.0 cm³/mol. The van der Waals surface area contributed by atoms with E-state index in [4.69, 9.17) is 15.2 Å². The van der Waals surface area contributed by atoms with Crippen LogP contribution in [0.1, 0.15) is 22.7 Å². The van der Waals surface area contributed by atoms with Gasteiger partial charge in [0.1, 0.15) is 18.2 Å². The summed E-state index contributed by atoms with van der Waals surface area (Å²) >= 11 is 0. The molecule has 1 unspecified atom stereocenters. The standard InChI is InChI=1S/C17H20FNO2/c1-12-7-8-13(18)11-15(12)17(19)14-5-3-4-6-16(14)21-10-9-20-2/h3-8,11,17H,9-10,19H2,1-2H3. The first-order chi connectivity index (χ1) is 10.1. The van der Waals surface area contributed by atoms with E-state index in [0.717, 1.165) is 16.7 Å². The molecule has 0 saturated carbocycles. The lowest BCUT2D eigenvalue weighted by molar-refractivity contribution is 0.145. The van der Waals surface area contributed by atoms with Crippen LogP contribution in [0.5, 0.6) is 5.75 Å². The Morgan fingerprint density at radius 3 is 2.62 bits per heavy atom. The first kappa shape index (κ1) is 15.5. The van der Waals surface area contributed by atoms with Crippen LogP contribution in [-0.2, 0) is 4.74 Å². The Hall–Kier alpha value is -1.91. The van der Waals surface area contributed by atoms with Gasteiger partial charge in [0.25, 0.3) is 0 Å². The highest BCUT2D eigenvalue weighted by molar-refractivity contribution is 5.43. The highest BCUT2D eigenvalue weighted by atomic mass is 19.1. The predicted octanol–water partition coefficient (Wildman–Crippen LogP) is 3.21. The van der Waals surface area contributed by atoms with Crippen LogP contribution in [0, 0.1) is 12.7 Å². The number of methoxy groups -OCH3 is 1. The molecule has 0 heterocycles. The molecular weight excluding hydrogens is 269 g/mol. The second kappa shape index (κ2) is 7.20. The molecule has 0 saturated heterocycles. The van der Waals surface area contributed by atoms with E-state index in [0.29, 0.717) is 19.0 Å². The van der Waals surface area contributed by atoms with Crippen molar-refractivity contribution in [3.63, 3.8) is 0 Å². The lowest BCUT2D eigenvalue weighted by atomic mass is 9.95. The fourth-order valence-electron chi connectivity index (χ4n) is 2.22. The van der Waals surface area contributed by atoms with Crippen molar-refractivity contribution < 1.29 is 13.9 Å². The summed E-state index contributed by atoms with van der Waals surface area (Å²) in [6, 6.07) is 11.8. The maximum absolute atomic E-state index is 13.5. The van der Waals surface area contributed by atoms with Crippen LogP contribution in [-0.4, -0.2) is 20.3 Å². The molecule has 2 rings (SSSR count). The average Bonchev–Trinajstić information content (AvgIpc) is 2.50. The number of hydrogen-bond donors (Lipinski definition) is 1. The van der Waals surface area contributed by atoms with Gasteiger partial charge in [-0.2, -0.15) is 0 Å². The fourth-order valence-corrected chi connectivity index (χ4v) is 2.22. The zero-order valence-electron chi connectivity index (χ0n) is 12.3. The topological polar surface area (TPSA) is 44.5 Å². The van der Waals surface area contributed by atoms with Gasteiger partial charge >= 0.3 is 0 Å². The summed E-state index contributed by atoms with van der Waals surface area (Å²) in [5, 5.41) is 0. The summed E-state index contributed by atoms with van der Waals surface area (Å²) in [4.78, 5) is 0. The maximum Gasteiger partial charge on any atom is 0.124 e. The molecule has 0 aliphatic heterocycles. The molecule has 0 aliphatic carbocycles. The van der Waals surface area contributed by atoms with Crippen molar-refractivity contribution in [3.8, 4) is 5.75 Å². The Bertz CT molecular complexity index is 601. The van der Waals surface area contributed by atoms with E-state index in [1.54, 1.807) is 13.2 Å². The molecule has 2 aromatic carbocycles. The number of para-hydroxylation sites is 1. The van der Waals surface area contributed by atoms with Gasteiger partial charge in [0, 0.05) is 12.7 Å². The van der Waals surface area contributed by atoms with Gasteiger partial charge in [-0.3, -0.25) is 0 Å². The molecule has 1 atom stereocenters. The van der Waals surface area contributed by atoms with Crippen LogP contribution in [0.15, 0.2) is 42.5 Å². The van der Waals surface area contributed by atoms with Crippen molar-refractivity contribution in [2.24, 2.45) is 5.73 Å². The Morgan fingerprint density at radius 1 is 1.10 bits per heavy atom. The van der Waals surface area contributed by atoms with Gasteiger partial charge in [-0.25, -0.2) is 4.39 Å². The maximum atomic E-state index is 13.5.